The summed E-state index contributed by atoms with van der Waals surface area (Å²) < 4.78 is 2.02. The van der Waals surface area contributed by atoms with Gasteiger partial charge in [-0.25, -0.2) is 4.98 Å². The SMILES string of the molecule is Cc1cc(Cl)cc(C(CCc2nccn2C)NN)c1. The minimum Gasteiger partial charge on any atom is -0.338 e. The van der Waals surface area contributed by atoms with Gasteiger partial charge in [0.05, 0.1) is 0 Å². The van der Waals surface area contributed by atoms with Gasteiger partial charge in [-0.1, -0.05) is 17.7 Å². The van der Waals surface area contributed by atoms with E-state index in [-0.39, 0.29) is 6.04 Å². The van der Waals surface area contributed by atoms with Crippen LogP contribution in [0, 0.1) is 6.92 Å². The van der Waals surface area contributed by atoms with Crippen molar-refractivity contribution in [3.8, 4) is 0 Å². The Kier molecular flexibility index (Phi) is 4.58. The van der Waals surface area contributed by atoms with E-state index >= 15 is 0 Å². The van der Waals surface area contributed by atoms with E-state index in [1.165, 1.54) is 0 Å². The van der Waals surface area contributed by atoms with Gasteiger partial charge >= 0.3 is 0 Å². The maximum absolute atomic E-state index is 6.09. The van der Waals surface area contributed by atoms with E-state index < -0.39 is 0 Å². The summed E-state index contributed by atoms with van der Waals surface area (Å²) in [4.78, 5) is 4.32. The molecule has 2 rings (SSSR count). The monoisotopic (exact) mass is 278 g/mol. The van der Waals surface area contributed by atoms with Crippen LogP contribution in [-0.4, -0.2) is 9.55 Å². The van der Waals surface area contributed by atoms with E-state index in [1.807, 2.05) is 43.1 Å². The third-order valence-electron chi connectivity index (χ3n) is 3.25. The van der Waals surface area contributed by atoms with Crippen LogP contribution in [0.1, 0.15) is 29.4 Å². The summed E-state index contributed by atoms with van der Waals surface area (Å²) in [5, 5.41) is 0.743. The molecule has 0 bridgehead atoms. The normalized spacial score (nSPS) is 12.6. The molecule has 1 aromatic carbocycles. The summed E-state index contributed by atoms with van der Waals surface area (Å²) in [5.74, 6) is 6.72. The van der Waals surface area contributed by atoms with Crippen molar-refractivity contribution >= 4 is 11.6 Å². The lowest BCUT2D eigenvalue weighted by atomic mass is 10.0. The molecule has 3 N–H and O–H groups in total. The Labute approximate surface area is 118 Å². The molecule has 0 aliphatic carbocycles. The van der Waals surface area contributed by atoms with E-state index in [2.05, 4.69) is 16.5 Å². The lowest BCUT2D eigenvalue weighted by Crippen LogP contribution is -2.28. The molecule has 19 heavy (non-hydrogen) atoms. The molecule has 2 aromatic rings. The molecule has 0 saturated heterocycles. The average Bonchev–Trinajstić information content (AvgIpc) is 2.75. The van der Waals surface area contributed by atoms with Crippen LogP contribution in [0.3, 0.4) is 0 Å². The van der Waals surface area contributed by atoms with Crippen LogP contribution in [0.25, 0.3) is 0 Å². The molecular formula is C14H19ClN4. The predicted molar refractivity (Wildman–Crippen MR) is 77.8 cm³/mol. The summed E-state index contributed by atoms with van der Waals surface area (Å²) in [6.45, 7) is 2.03. The number of nitrogens with zero attached hydrogens (tertiary/aromatic N) is 2. The van der Waals surface area contributed by atoms with Gasteiger partial charge in [0.25, 0.3) is 0 Å². The largest absolute Gasteiger partial charge is 0.338 e. The van der Waals surface area contributed by atoms with Gasteiger partial charge in [0, 0.05) is 36.9 Å². The fourth-order valence-corrected chi connectivity index (χ4v) is 2.52. The van der Waals surface area contributed by atoms with Crippen molar-refractivity contribution in [2.45, 2.75) is 25.8 Å². The Balaban J connectivity index is 2.09. The molecule has 0 amide bonds. The molecule has 1 aromatic heterocycles. The van der Waals surface area contributed by atoms with Crippen LogP contribution in [0.2, 0.25) is 5.02 Å². The zero-order chi connectivity index (χ0) is 13.8. The summed E-state index contributed by atoms with van der Waals surface area (Å²) in [5.41, 5.74) is 5.11. The van der Waals surface area contributed by atoms with Gasteiger partial charge in [0.2, 0.25) is 0 Å². The van der Waals surface area contributed by atoms with Crippen LogP contribution in [0.15, 0.2) is 30.6 Å². The third-order valence-corrected chi connectivity index (χ3v) is 3.46. The molecule has 102 valence electrons. The topological polar surface area (TPSA) is 55.9 Å². The molecule has 0 fully saturated rings. The van der Waals surface area contributed by atoms with Crippen LogP contribution in [-0.2, 0) is 13.5 Å². The number of rotatable bonds is 5. The van der Waals surface area contributed by atoms with Gasteiger partial charge < -0.3 is 4.57 Å². The number of nitrogens with one attached hydrogen (secondary N) is 1. The summed E-state index contributed by atoms with van der Waals surface area (Å²) in [6, 6.07) is 6.08. The lowest BCUT2D eigenvalue weighted by Gasteiger charge is -2.17. The van der Waals surface area contributed by atoms with Crippen LogP contribution < -0.4 is 11.3 Å². The van der Waals surface area contributed by atoms with Gasteiger partial charge in [0.15, 0.2) is 0 Å². The van der Waals surface area contributed by atoms with Crippen molar-refractivity contribution in [3.05, 3.63) is 52.6 Å². The third kappa shape index (κ3) is 3.56. The van der Waals surface area contributed by atoms with E-state index in [0.717, 1.165) is 34.8 Å². The smallest absolute Gasteiger partial charge is 0.108 e. The van der Waals surface area contributed by atoms with Crippen molar-refractivity contribution in [2.75, 3.05) is 0 Å². The first kappa shape index (κ1) is 14.1. The highest BCUT2D eigenvalue weighted by atomic mass is 35.5. The lowest BCUT2D eigenvalue weighted by molar-refractivity contribution is 0.506. The number of nitrogens with two attached hydrogens (primary N) is 1. The van der Waals surface area contributed by atoms with Crippen LogP contribution >= 0.6 is 11.6 Å². The van der Waals surface area contributed by atoms with Crippen molar-refractivity contribution < 1.29 is 0 Å². The van der Waals surface area contributed by atoms with Crippen molar-refractivity contribution in [2.24, 2.45) is 12.9 Å². The number of aromatic nitrogens is 2. The van der Waals surface area contributed by atoms with Gasteiger partial charge in [-0.15, -0.1) is 0 Å². The Morgan fingerprint density at radius 1 is 1.42 bits per heavy atom. The van der Waals surface area contributed by atoms with E-state index in [9.17, 15) is 0 Å². The minimum absolute atomic E-state index is 0.0779. The molecule has 0 aliphatic heterocycles. The number of hydrazine groups is 1. The standard InChI is InChI=1S/C14H19ClN4/c1-10-7-11(9-12(15)8-10)13(18-16)3-4-14-17-5-6-19(14)2/h5-9,13,18H,3-4,16H2,1-2H3. The molecule has 1 unspecified atom stereocenters. The van der Waals surface area contributed by atoms with E-state index in [0.29, 0.717) is 0 Å². The fraction of sp³-hybridized carbons (Fsp3) is 0.357. The van der Waals surface area contributed by atoms with Gasteiger partial charge in [-0.05, 0) is 36.6 Å². The number of benzene rings is 1. The number of aryl methyl sites for hydroxylation is 3. The Hall–Kier alpha value is -1.36. The first-order valence-electron chi connectivity index (χ1n) is 6.29. The van der Waals surface area contributed by atoms with Gasteiger partial charge in [0.1, 0.15) is 5.82 Å². The molecule has 0 radical (unpaired) electrons. The first-order chi connectivity index (χ1) is 9.10. The molecule has 0 spiro atoms. The quantitative estimate of drug-likeness (QED) is 0.653. The van der Waals surface area contributed by atoms with Gasteiger partial charge in [-0.3, -0.25) is 11.3 Å². The maximum atomic E-state index is 6.09. The fourth-order valence-electron chi connectivity index (χ4n) is 2.22. The number of imidazole rings is 1. The highest BCUT2D eigenvalue weighted by Gasteiger charge is 2.12. The van der Waals surface area contributed by atoms with E-state index in [1.54, 1.807) is 0 Å². The second-order valence-corrected chi connectivity index (χ2v) is 5.21. The Morgan fingerprint density at radius 3 is 2.79 bits per heavy atom. The highest BCUT2D eigenvalue weighted by Crippen LogP contribution is 2.23. The summed E-state index contributed by atoms with van der Waals surface area (Å²) >= 11 is 6.09. The van der Waals surface area contributed by atoms with Crippen LogP contribution in [0.5, 0.6) is 0 Å². The highest BCUT2D eigenvalue weighted by molar-refractivity contribution is 6.30. The minimum atomic E-state index is 0.0779. The second-order valence-electron chi connectivity index (χ2n) is 4.77. The number of hydrogen-bond donors (Lipinski definition) is 2. The molecule has 1 heterocycles. The summed E-state index contributed by atoms with van der Waals surface area (Å²) in [7, 11) is 2.00. The second kappa shape index (κ2) is 6.19. The van der Waals surface area contributed by atoms with E-state index in [4.69, 9.17) is 17.4 Å². The maximum Gasteiger partial charge on any atom is 0.108 e. The van der Waals surface area contributed by atoms with Crippen molar-refractivity contribution in [1.29, 1.82) is 0 Å². The molecule has 1 atom stereocenters. The average molecular weight is 279 g/mol. The van der Waals surface area contributed by atoms with Crippen molar-refractivity contribution in [1.82, 2.24) is 15.0 Å². The zero-order valence-corrected chi connectivity index (χ0v) is 12.0. The Morgan fingerprint density at radius 2 is 2.21 bits per heavy atom. The molecule has 5 heteroatoms. The molecule has 0 aliphatic rings. The van der Waals surface area contributed by atoms with Crippen LogP contribution in [0.4, 0.5) is 0 Å². The van der Waals surface area contributed by atoms with Gasteiger partial charge in [-0.2, -0.15) is 0 Å². The zero-order valence-electron chi connectivity index (χ0n) is 11.2. The Bertz CT molecular complexity index is 530. The molecular weight excluding hydrogens is 260 g/mol. The number of hydrogen-bond acceptors (Lipinski definition) is 3. The summed E-state index contributed by atoms with van der Waals surface area (Å²) in [6.07, 6.45) is 5.50. The van der Waals surface area contributed by atoms with Crippen molar-refractivity contribution in [3.63, 3.8) is 0 Å². The molecule has 4 nitrogen and oxygen atoms in total. The predicted octanol–water partition coefficient (Wildman–Crippen LogP) is 2.52. The number of halogens is 1. The first-order valence-corrected chi connectivity index (χ1v) is 6.67. The molecule has 0 saturated carbocycles.